The summed E-state index contributed by atoms with van der Waals surface area (Å²) in [5.41, 5.74) is 1.18. The molecule has 2 N–H and O–H groups in total. The third-order valence-corrected chi connectivity index (χ3v) is 3.88. The lowest BCUT2D eigenvalue weighted by Gasteiger charge is -2.32. The van der Waals surface area contributed by atoms with E-state index in [1.807, 2.05) is 37.3 Å². The molecule has 6 heteroatoms. The number of morpholine rings is 1. The predicted octanol–water partition coefficient (Wildman–Crippen LogP) is 1.26. The monoisotopic (exact) mass is 320 g/mol. The number of carboxylic acids is 1. The first-order chi connectivity index (χ1) is 11.1. The highest BCUT2D eigenvalue weighted by molar-refractivity contribution is 5.86. The predicted molar refractivity (Wildman–Crippen MR) is 85.9 cm³/mol. The van der Waals surface area contributed by atoms with Gasteiger partial charge in [-0.25, -0.2) is 4.79 Å². The zero-order valence-corrected chi connectivity index (χ0v) is 13.4. The topological polar surface area (TPSA) is 78.9 Å². The molecule has 1 fully saturated rings. The van der Waals surface area contributed by atoms with E-state index in [1.165, 1.54) is 5.56 Å². The lowest BCUT2D eigenvalue weighted by molar-refractivity contribution is -0.147. The van der Waals surface area contributed by atoms with Crippen molar-refractivity contribution >= 4 is 11.9 Å². The molecule has 1 amide bonds. The van der Waals surface area contributed by atoms with Gasteiger partial charge in [-0.1, -0.05) is 43.7 Å². The molecule has 0 radical (unpaired) electrons. The molecule has 0 aliphatic carbocycles. The molecule has 6 nitrogen and oxygen atoms in total. The van der Waals surface area contributed by atoms with Gasteiger partial charge in [0.05, 0.1) is 6.61 Å². The van der Waals surface area contributed by atoms with Crippen LogP contribution in [0.5, 0.6) is 0 Å². The average Bonchev–Trinajstić information content (AvgIpc) is 2.55. The second kappa shape index (κ2) is 8.64. The molecular formula is C17H24N2O4. The van der Waals surface area contributed by atoms with Gasteiger partial charge in [0.25, 0.3) is 5.91 Å². The fourth-order valence-electron chi connectivity index (χ4n) is 2.66. The second-order valence-electron chi connectivity index (χ2n) is 5.77. The van der Waals surface area contributed by atoms with Crippen molar-refractivity contribution in [1.82, 2.24) is 10.2 Å². The highest BCUT2D eigenvalue weighted by atomic mass is 16.5. The first-order valence-electron chi connectivity index (χ1n) is 8.01. The van der Waals surface area contributed by atoms with Crippen molar-refractivity contribution in [2.75, 3.05) is 19.7 Å². The fourth-order valence-corrected chi connectivity index (χ4v) is 2.66. The standard InChI is InChI=1S/C17H24N2O4/c1-2-6-14(17(21)22)18-16(20)15-12-19(9-10-23-15)11-13-7-4-3-5-8-13/h3-5,7-8,14-15H,2,6,9-12H2,1H3,(H,18,20)(H,21,22). The molecule has 2 rings (SSSR count). The van der Waals surface area contributed by atoms with Crippen LogP contribution in [-0.2, 0) is 20.9 Å². The summed E-state index contributed by atoms with van der Waals surface area (Å²) in [4.78, 5) is 25.6. The van der Waals surface area contributed by atoms with E-state index in [0.717, 1.165) is 13.1 Å². The number of hydrogen-bond donors (Lipinski definition) is 2. The third-order valence-electron chi connectivity index (χ3n) is 3.88. The molecule has 23 heavy (non-hydrogen) atoms. The maximum Gasteiger partial charge on any atom is 0.326 e. The van der Waals surface area contributed by atoms with Crippen LogP contribution in [0.4, 0.5) is 0 Å². The van der Waals surface area contributed by atoms with Crippen molar-refractivity contribution in [2.24, 2.45) is 0 Å². The molecule has 1 heterocycles. The van der Waals surface area contributed by atoms with Crippen molar-refractivity contribution < 1.29 is 19.4 Å². The SMILES string of the molecule is CCCC(NC(=O)C1CN(Cc2ccccc2)CCO1)C(=O)O. The van der Waals surface area contributed by atoms with E-state index in [-0.39, 0.29) is 5.91 Å². The van der Waals surface area contributed by atoms with Gasteiger partial charge in [-0.2, -0.15) is 0 Å². The lowest BCUT2D eigenvalue weighted by Crippen LogP contribution is -2.52. The summed E-state index contributed by atoms with van der Waals surface area (Å²) in [7, 11) is 0. The number of rotatable bonds is 7. The number of benzene rings is 1. The second-order valence-corrected chi connectivity index (χ2v) is 5.77. The summed E-state index contributed by atoms with van der Waals surface area (Å²) in [5.74, 6) is -1.35. The average molecular weight is 320 g/mol. The Morgan fingerprint density at radius 2 is 2.13 bits per heavy atom. The molecule has 1 aliphatic heterocycles. The Balaban J connectivity index is 1.89. The van der Waals surface area contributed by atoms with E-state index in [2.05, 4.69) is 10.2 Å². The molecule has 1 aromatic rings. The van der Waals surface area contributed by atoms with E-state index < -0.39 is 18.1 Å². The van der Waals surface area contributed by atoms with Crippen molar-refractivity contribution in [2.45, 2.75) is 38.5 Å². The number of amides is 1. The molecule has 1 aromatic carbocycles. The highest BCUT2D eigenvalue weighted by Crippen LogP contribution is 2.11. The number of hydrogen-bond acceptors (Lipinski definition) is 4. The van der Waals surface area contributed by atoms with Gasteiger partial charge < -0.3 is 15.2 Å². The smallest absolute Gasteiger partial charge is 0.326 e. The third kappa shape index (κ3) is 5.33. The van der Waals surface area contributed by atoms with Crippen molar-refractivity contribution in [3.8, 4) is 0 Å². The Morgan fingerprint density at radius 1 is 1.39 bits per heavy atom. The van der Waals surface area contributed by atoms with E-state index in [9.17, 15) is 9.59 Å². The Kier molecular flexibility index (Phi) is 6.55. The fraction of sp³-hybridized carbons (Fsp3) is 0.529. The van der Waals surface area contributed by atoms with Gasteiger partial charge in [-0.3, -0.25) is 9.69 Å². The van der Waals surface area contributed by atoms with Gasteiger partial charge in [0.15, 0.2) is 0 Å². The number of ether oxygens (including phenoxy) is 1. The summed E-state index contributed by atoms with van der Waals surface area (Å²) >= 11 is 0. The van der Waals surface area contributed by atoms with Gasteiger partial charge in [0.1, 0.15) is 12.1 Å². The number of carbonyl (C=O) groups excluding carboxylic acids is 1. The van der Waals surface area contributed by atoms with Crippen LogP contribution in [-0.4, -0.2) is 53.7 Å². The Hall–Kier alpha value is -1.92. The van der Waals surface area contributed by atoms with Gasteiger partial charge >= 0.3 is 5.97 Å². The number of nitrogens with zero attached hydrogens (tertiary/aromatic N) is 1. The minimum Gasteiger partial charge on any atom is -0.480 e. The van der Waals surface area contributed by atoms with Crippen LogP contribution in [0.1, 0.15) is 25.3 Å². The van der Waals surface area contributed by atoms with Crippen LogP contribution >= 0.6 is 0 Å². The molecular weight excluding hydrogens is 296 g/mol. The number of nitrogens with one attached hydrogen (secondary N) is 1. The molecule has 0 saturated carbocycles. The Morgan fingerprint density at radius 3 is 2.78 bits per heavy atom. The number of carbonyl (C=O) groups is 2. The van der Waals surface area contributed by atoms with Crippen molar-refractivity contribution in [3.63, 3.8) is 0 Å². The van der Waals surface area contributed by atoms with Crippen LogP contribution in [0.3, 0.4) is 0 Å². The molecule has 1 aliphatic rings. The summed E-state index contributed by atoms with van der Waals surface area (Å²) in [6, 6.07) is 9.20. The van der Waals surface area contributed by atoms with Crippen LogP contribution in [0.15, 0.2) is 30.3 Å². The van der Waals surface area contributed by atoms with Crippen LogP contribution < -0.4 is 5.32 Å². The molecule has 0 bridgehead atoms. The normalized spacial score (nSPS) is 20.0. The van der Waals surface area contributed by atoms with E-state index in [1.54, 1.807) is 0 Å². The summed E-state index contributed by atoms with van der Waals surface area (Å²) in [5, 5.41) is 11.7. The molecule has 126 valence electrons. The van der Waals surface area contributed by atoms with E-state index >= 15 is 0 Å². The molecule has 0 spiro atoms. The van der Waals surface area contributed by atoms with Gasteiger partial charge in [-0.05, 0) is 12.0 Å². The van der Waals surface area contributed by atoms with Gasteiger partial charge in [0, 0.05) is 19.6 Å². The first kappa shape index (κ1) is 17.4. The minimum atomic E-state index is -1.00. The van der Waals surface area contributed by atoms with E-state index in [4.69, 9.17) is 9.84 Å². The first-order valence-corrected chi connectivity index (χ1v) is 8.01. The largest absolute Gasteiger partial charge is 0.480 e. The zero-order valence-electron chi connectivity index (χ0n) is 13.4. The minimum absolute atomic E-state index is 0.344. The summed E-state index contributed by atoms with van der Waals surface area (Å²) in [6.07, 6.45) is 0.496. The van der Waals surface area contributed by atoms with Crippen LogP contribution in [0.2, 0.25) is 0 Å². The molecule has 0 aromatic heterocycles. The molecule has 2 atom stereocenters. The van der Waals surface area contributed by atoms with Crippen LogP contribution in [0.25, 0.3) is 0 Å². The van der Waals surface area contributed by atoms with Crippen LogP contribution in [0, 0.1) is 0 Å². The van der Waals surface area contributed by atoms with Gasteiger partial charge in [-0.15, -0.1) is 0 Å². The molecule has 2 unspecified atom stereocenters. The van der Waals surface area contributed by atoms with Crippen molar-refractivity contribution in [3.05, 3.63) is 35.9 Å². The quantitative estimate of drug-likeness (QED) is 0.791. The summed E-state index contributed by atoms with van der Waals surface area (Å²) < 4.78 is 5.52. The zero-order chi connectivity index (χ0) is 16.7. The Labute approximate surface area is 136 Å². The maximum atomic E-state index is 12.3. The molecule has 1 saturated heterocycles. The van der Waals surface area contributed by atoms with E-state index in [0.29, 0.717) is 26.0 Å². The van der Waals surface area contributed by atoms with Crippen molar-refractivity contribution in [1.29, 1.82) is 0 Å². The maximum absolute atomic E-state index is 12.3. The Bertz CT molecular complexity index is 521. The number of aliphatic carboxylic acids is 1. The highest BCUT2D eigenvalue weighted by Gasteiger charge is 2.29. The lowest BCUT2D eigenvalue weighted by atomic mass is 10.1. The number of carboxylic acid groups (broad SMARTS) is 1. The summed E-state index contributed by atoms with van der Waals surface area (Å²) in [6.45, 7) is 4.34. The van der Waals surface area contributed by atoms with Gasteiger partial charge in [0.2, 0.25) is 0 Å².